The molecule has 1 aliphatic heterocycles. The van der Waals surface area contributed by atoms with Crippen LogP contribution in [0.25, 0.3) is 0 Å². The van der Waals surface area contributed by atoms with E-state index in [2.05, 4.69) is 5.32 Å². The number of ether oxygens (including phenoxy) is 2. The van der Waals surface area contributed by atoms with Gasteiger partial charge in [-0.15, -0.1) is 0 Å². The summed E-state index contributed by atoms with van der Waals surface area (Å²) in [6.07, 6.45) is 5.42. The number of hydrogen-bond acceptors (Lipinski definition) is 5. The third-order valence-corrected chi connectivity index (χ3v) is 5.63. The first-order chi connectivity index (χ1) is 10.2. The molecule has 3 rings (SSSR count). The molecule has 4 nitrogen and oxygen atoms in total. The van der Waals surface area contributed by atoms with Crippen LogP contribution in [-0.4, -0.2) is 31.7 Å². The van der Waals surface area contributed by atoms with Gasteiger partial charge in [-0.05, 0) is 30.4 Å². The number of aliphatic imine (C=N–C) groups is 1. The van der Waals surface area contributed by atoms with Crippen molar-refractivity contribution in [2.45, 2.75) is 25.7 Å². The van der Waals surface area contributed by atoms with Gasteiger partial charge in [0.05, 0.1) is 14.2 Å². The van der Waals surface area contributed by atoms with E-state index in [0.717, 1.165) is 28.9 Å². The van der Waals surface area contributed by atoms with Crippen molar-refractivity contribution in [2.75, 3.05) is 31.8 Å². The summed E-state index contributed by atoms with van der Waals surface area (Å²) in [4.78, 5) is 4.75. The molecule has 114 valence electrons. The van der Waals surface area contributed by atoms with Crippen LogP contribution in [0, 0.1) is 5.41 Å². The maximum absolute atomic E-state index is 5.33. The summed E-state index contributed by atoms with van der Waals surface area (Å²) in [5, 5.41) is 4.40. The maximum Gasteiger partial charge on any atom is 0.162 e. The molecule has 1 aliphatic carbocycles. The van der Waals surface area contributed by atoms with E-state index in [0.29, 0.717) is 5.41 Å². The van der Waals surface area contributed by atoms with Gasteiger partial charge in [-0.3, -0.25) is 4.99 Å². The van der Waals surface area contributed by atoms with Crippen LogP contribution in [0.15, 0.2) is 23.2 Å². The molecule has 1 fully saturated rings. The Hall–Kier alpha value is -1.36. The Kier molecular flexibility index (Phi) is 4.29. The monoisotopic (exact) mass is 306 g/mol. The minimum absolute atomic E-state index is 0.480. The number of rotatable bonds is 3. The predicted octanol–water partition coefficient (Wildman–Crippen LogP) is 3.78. The fourth-order valence-corrected chi connectivity index (χ4v) is 4.26. The first-order valence-corrected chi connectivity index (χ1v) is 8.40. The van der Waals surface area contributed by atoms with Crippen LogP contribution in [0.2, 0.25) is 0 Å². The van der Waals surface area contributed by atoms with Crippen molar-refractivity contribution in [1.29, 1.82) is 0 Å². The fourth-order valence-electron chi connectivity index (χ4n) is 3.09. The molecular weight excluding hydrogens is 284 g/mol. The number of benzene rings is 1. The fraction of sp³-hybridized carbons (Fsp3) is 0.562. The normalized spacial score (nSPS) is 20.2. The van der Waals surface area contributed by atoms with Gasteiger partial charge in [-0.1, -0.05) is 24.6 Å². The third-order valence-electron chi connectivity index (χ3n) is 4.37. The number of hydrogen-bond donors (Lipinski definition) is 1. The number of thioether (sulfide) groups is 1. The average molecular weight is 306 g/mol. The SMILES string of the molecule is COc1ccc(NC2=NCC3(CCCC3)CS2)cc1OC. The van der Waals surface area contributed by atoms with Crippen LogP contribution >= 0.6 is 11.8 Å². The summed E-state index contributed by atoms with van der Waals surface area (Å²) in [6, 6.07) is 5.85. The zero-order valence-electron chi connectivity index (χ0n) is 12.6. The number of amidine groups is 1. The summed E-state index contributed by atoms with van der Waals surface area (Å²) >= 11 is 1.84. The Labute approximate surface area is 130 Å². The number of nitrogens with one attached hydrogen (secondary N) is 1. The third kappa shape index (κ3) is 3.12. The van der Waals surface area contributed by atoms with Crippen molar-refractivity contribution in [3.05, 3.63) is 18.2 Å². The van der Waals surface area contributed by atoms with Gasteiger partial charge in [0.15, 0.2) is 16.7 Å². The highest BCUT2D eigenvalue weighted by Gasteiger charge is 2.36. The standard InChI is InChI=1S/C16H22N2O2S/c1-19-13-6-5-12(9-14(13)20-2)18-15-17-10-16(11-21-15)7-3-4-8-16/h5-6,9H,3-4,7-8,10-11H2,1-2H3,(H,17,18). The van der Waals surface area contributed by atoms with Crippen LogP contribution in [0.5, 0.6) is 11.5 Å². The van der Waals surface area contributed by atoms with E-state index in [9.17, 15) is 0 Å². The maximum atomic E-state index is 5.33. The van der Waals surface area contributed by atoms with E-state index in [-0.39, 0.29) is 0 Å². The number of nitrogens with zero attached hydrogens (tertiary/aromatic N) is 1. The van der Waals surface area contributed by atoms with Crippen molar-refractivity contribution in [1.82, 2.24) is 0 Å². The smallest absolute Gasteiger partial charge is 0.162 e. The topological polar surface area (TPSA) is 42.8 Å². The van der Waals surface area contributed by atoms with Gasteiger partial charge in [0, 0.05) is 24.1 Å². The van der Waals surface area contributed by atoms with Crippen LogP contribution in [0.4, 0.5) is 5.69 Å². The zero-order chi connectivity index (χ0) is 14.7. The quantitative estimate of drug-likeness (QED) is 0.923. The second-order valence-corrected chi connectivity index (χ2v) is 6.78. The van der Waals surface area contributed by atoms with Crippen molar-refractivity contribution in [3.63, 3.8) is 0 Å². The number of methoxy groups -OCH3 is 2. The van der Waals surface area contributed by atoms with Gasteiger partial charge in [0.2, 0.25) is 0 Å². The largest absolute Gasteiger partial charge is 0.493 e. The molecule has 1 aromatic carbocycles. The molecule has 1 heterocycles. The summed E-state index contributed by atoms with van der Waals surface area (Å²) in [7, 11) is 3.30. The summed E-state index contributed by atoms with van der Waals surface area (Å²) < 4.78 is 10.6. The van der Waals surface area contributed by atoms with Crippen molar-refractivity contribution in [3.8, 4) is 11.5 Å². The van der Waals surface area contributed by atoms with Gasteiger partial charge < -0.3 is 14.8 Å². The Morgan fingerprint density at radius 2 is 1.90 bits per heavy atom. The average Bonchev–Trinajstić information content (AvgIpc) is 2.98. The van der Waals surface area contributed by atoms with Crippen LogP contribution in [-0.2, 0) is 0 Å². The second kappa shape index (κ2) is 6.18. The molecule has 1 N–H and O–H groups in total. The molecule has 1 saturated carbocycles. The van der Waals surface area contributed by atoms with E-state index in [4.69, 9.17) is 14.5 Å². The zero-order valence-corrected chi connectivity index (χ0v) is 13.5. The minimum atomic E-state index is 0.480. The minimum Gasteiger partial charge on any atom is -0.493 e. The molecule has 0 unspecified atom stereocenters. The molecule has 21 heavy (non-hydrogen) atoms. The van der Waals surface area contributed by atoms with Gasteiger partial charge in [-0.2, -0.15) is 0 Å². The predicted molar refractivity (Wildman–Crippen MR) is 88.8 cm³/mol. The summed E-state index contributed by atoms with van der Waals surface area (Å²) in [6.45, 7) is 0.968. The van der Waals surface area contributed by atoms with E-state index in [1.165, 1.54) is 31.4 Å². The van der Waals surface area contributed by atoms with Gasteiger partial charge >= 0.3 is 0 Å². The Morgan fingerprint density at radius 1 is 1.14 bits per heavy atom. The second-order valence-electron chi connectivity index (χ2n) is 5.81. The van der Waals surface area contributed by atoms with E-state index < -0.39 is 0 Å². The summed E-state index contributed by atoms with van der Waals surface area (Å²) in [5.41, 5.74) is 1.47. The van der Waals surface area contributed by atoms with Crippen molar-refractivity contribution < 1.29 is 9.47 Å². The highest BCUT2D eigenvalue weighted by molar-refractivity contribution is 8.14. The highest BCUT2D eigenvalue weighted by atomic mass is 32.2. The van der Waals surface area contributed by atoms with Crippen LogP contribution < -0.4 is 14.8 Å². The first-order valence-electron chi connectivity index (χ1n) is 7.41. The van der Waals surface area contributed by atoms with E-state index in [1.807, 2.05) is 30.0 Å². The lowest BCUT2D eigenvalue weighted by molar-refractivity contribution is 0.355. The van der Waals surface area contributed by atoms with Gasteiger partial charge in [0.25, 0.3) is 0 Å². The molecule has 5 heteroatoms. The molecular formula is C16H22N2O2S. The number of anilines is 1. The molecule has 0 saturated heterocycles. The lowest BCUT2D eigenvalue weighted by Gasteiger charge is -2.31. The van der Waals surface area contributed by atoms with Crippen molar-refractivity contribution in [2.24, 2.45) is 10.4 Å². The molecule has 2 aliphatic rings. The van der Waals surface area contributed by atoms with Crippen LogP contribution in [0.1, 0.15) is 25.7 Å². The molecule has 1 spiro atoms. The molecule has 0 atom stereocenters. The Bertz CT molecular complexity index is 539. The molecule has 0 amide bonds. The van der Waals surface area contributed by atoms with Gasteiger partial charge in [-0.25, -0.2) is 0 Å². The van der Waals surface area contributed by atoms with Crippen LogP contribution in [0.3, 0.4) is 0 Å². The van der Waals surface area contributed by atoms with E-state index >= 15 is 0 Å². The lowest BCUT2D eigenvalue weighted by atomic mass is 9.89. The Morgan fingerprint density at radius 3 is 2.52 bits per heavy atom. The van der Waals surface area contributed by atoms with Gasteiger partial charge in [0.1, 0.15) is 0 Å². The molecule has 0 aromatic heterocycles. The lowest BCUT2D eigenvalue weighted by Crippen LogP contribution is -2.30. The molecule has 1 aromatic rings. The van der Waals surface area contributed by atoms with Crippen molar-refractivity contribution >= 4 is 22.6 Å². The molecule has 0 bridgehead atoms. The summed E-state index contributed by atoms with van der Waals surface area (Å²) in [5.74, 6) is 2.66. The molecule has 0 radical (unpaired) electrons. The first kappa shape index (κ1) is 14.6. The highest BCUT2D eigenvalue weighted by Crippen LogP contribution is 2.43. The Balaban J connectivity index is 1.68. The van der Waals surface area contributed by atoms with E-state index in [1.54, 1.807) is 14.2 Å².